The van der Waals surface area contributed by atoms with Crippen LogP contribution in [0.5, 0.6) is 0 Å². The second kappa shape index (κ2) is 8.14. The first kappa shape index (κ1) is 19.3. The molecule has 1 aromatic heterocycles. The second-order valence-electron chi connectivity index (χ2n) is 7.88. The first-order valence-electron chi connectivity index (χ1n) is 9.89. The molecule has 0 N–H and O–H groups in total. The third-order valence-corrected chi connectivity index (χ3v) is 5.48. The Balaban J connectivity index is 1.28. The lowest BCUT2D eigenvalue weighted by Crippen LogP contribution is -2.53. The maximum atomic E-state index is 13.3. The van der Waals surface area contributed by atoms with E-state index < -0.39 is 0 Å². The van der Waals surface area contributed by atoms with Gasteiger partial charge >= 0.3 is 0 Å². The molecule has 2 aliphatic rings. The van der Waals surface area contributed by atoms with Crippen LogP contribution in [0.4, 0.5) is 4.39 Å². The summed E-state index contributed by atoms with van der Waals surface area (Å²) in [6.45, 7) is 9.88. The largest absolute Gasteiger partial charge is 0.372 e. The molecule has 0 radical (unpaired) electrons. The van der Waals surface area contributed by atoms with E-state index >= 15 is 0 Å². The second-order valence-corrected chi connectivity index (χ2v) is 7.88. The molecule has 3 heterocycles. The predicted octanol–water partition coefficient (Wildman–Crippen LogP) is 1.72. The summed E-state index contributed by atoms with van der Waals surface area (Å²) in [6.07, 6.45) is 0.186. The number of halogens is 1. The van der Waals surface area contributed by atoms with Gasteiger partial charge in [-0.15, -0.1) is 0 Å². The Morgan fingerprint density at radius 2 is 1.82 bits per heavy atom. The molecule has 28 heavy (non-hydrogen) atoms. The summed E-state index contributed by atoms with van der Waals surface area (Å²) in [5, 5.41) is 4.96. The number of morpholine rings is 1. The maximum Gasteiger partial charge on any atom is 0.236 e. The number of nitrogens with zero attached hydrogens (tertiary/aromatic N) is 4. The quantitative estimate of drug-likeness (QED) is 0.792. The zero-order chi connectivity index (χ0) is 19.7. The van der Waals surface area contributed by atoms with Gasteiger partial charge in [-0.3, -0.25) is 14.6 Å². The van der Waals surface area contributed by atoms with Crippen molar-refractivity contribution in [2.24, 2.45) is 0 Å². The van der Waals surface area contributed by atoms with Crippen molar-refractivity contribution < 1.29 is 18.4 Å². The number of hydrogen-bond acceptors (Lipinski definition) is 6. The van der Waals surface area contributed by atoms with Gasteiger partial charge in [0, 0.05) is 57.3 Å². The fraction of sp³-hybridized carbons (Fsp3) is 0.600. The molecule has 7 nitrogen and oxygen atoms in total. The van der Waals surface area contributed by atoms with Crippen LogP contribution >= 0.6 is 0 Å². The number of hydrogen-bond donors (Lipinski definition) is 0. The molecular formula is C20H27FN4O3. The Hall–Kier alpha value is -2.03. The summed E-state index contributed by atoms with van der Waals surface area (Å²) in [6, 6.07) is 4.51. The van der Waals surface area contributed by atoms with Gasteiger partial charge in [0.05, 0.1) is 18.8 Å². The molecule has 2 atom stereocenters. The monoisotopic (exact) mass is 390 g/mol. The van der Waals surface area contributed by atoms with Crippen molar-refractivity contribution in [3.63, 3.8) is 0 Å². The minimum Gasteiger partial charge on any atom is -0.372 e. The highest BCUT2D eigenvalue weighted by atomic mass is 19.1. The van der Waals surface area contributed by atoms with Gasteiger partial charge in [0.1, 0.15) is 11.5 Å². The summed E-state index contributed by atoms with van der Waals surface area (Å²) in [5.74, 6) is -0.141. The lowest BCUT2D eigenvalue weighted by molar-refractivity contribution is -0.144. The van der Waals surface area contributed by atoms with E-state index in [1.807, 2.05) is 18.7 Å². The van der Waals surface area contributed by atoms with Crippen LogP contribution < -0.4 is 0 Å². The smallest absolute Gasteiger partial charge is 0.236 e. The number of piperazine rings is 1. The fourth-order valence-electron chi connectivity index (χ4n) is 4.07. The van der Waals surface area contributed by atoms with Crippen LogP contribution in [0, 0.1) is 5.82 Å². The van der Waals surface area contributed by atoms with Crippen molar-refractivity contribution in [1.29, 1.82) is 0 Å². The van der Waals surface area contributed by atoms with Crippen molar-refractivity contribution in [3.05, 3.63) is 29.7 Å². The van der Waals surface area contributed by atoms with Gasteiger partial charge in [-0.25, -0.2) is 4.39 Å². The van der Waals surface area contributed by atoms with Crippen molar-refractivity contribution in [2.45, 2.75) is 32.6 Å². The molecule has 2 fully saturated rings. The van der Waals surface area contributed by atoms with Crippen LogP contribution in [0.3, 0.4) is 0 Å². The van der Waals surface area contributed by atoms with Crippen molar-refractivity contribution in [1.82, 2.24) is 19.9 Å². The lowest BCUT2D eigenvalue weighted by atomic mass is 10.2. The lowest BCUT2D eigenvalue weighted by Gasteiger charge is -2.38. The molecule has 1 aromatic carbocycles. The molecule has 1 amide bonds. The zero-order valence-corrected chi connectivity index (χ0v) is 16.4. The van der Waals surface area contributed by atoms with Gasteiger partial charge in [0.2, 0.25) is 5.91 Å². The number of amides is 1. The van der Waals surface area contributed by atoms with Gasteiger partial charge in [0.15, 0.2) is 5.58 Å². The van der Waals surface area contributed by atoms with E-state index in [1.165, 1.54) is 12.1 Å². The van der Waals surface area contributed by atoms with Gasteiger partial charge in [-0.05, 0) is 26.0 Å². The van der Waals surface area contributed by atoms with Crippen LogP contribution in [-0.2, 0) is 16.1 Å². The number of fused-ring (bicyclic) bond motifs is 1. The number of ether oxygens (including phenoxy) is 1. The minimum absolute atomic E-state index is 0.0929. The zero-order valence-electron chi connectivity index (χ0n) is 16.4. The van der Waals surface area contributed by atoms with E-state index in [9.17, 15) is 9.18 Å². The third-order valence-electron chi connectivity index (χ3n) is 5.48. The molecule has 0 bridgehead atoms. The Labute approximate surface area is 164 Å². The molecule has 2 unspecified atom stereocenters. The van der Waals surface area contributed by atoms with Crippen molar-refractivity contribution >= 4 is 16.9 Å². The first-order valence-corrected chi connectivity index (χ1v) is 9.89. The highest BCUT2D eigenvalue weighted by Gasteiger charge is 2.28. The summed E-state index contributed by atoms with van der Waals surface area (Å²) in [7, 11) is 0. The van der Waals surface area contributed by atoms with E-state index in [0.717, 1.165) is 37.3 Å². The Kier molecular flexibility index (Phi) is 5.61. The first-order chi connectivity index (χ1) is 13.5. The summed E-state index contributed by atoms with van der Waals surface area (Å²) in [4.78, 5) is 19.1. The molecule has 0 spiro atoms. The van der Waals surface area contributed by atoms with Crippen LogP contribution in [-0.4, -0.2) is 83.8 Å². The molecule has 152 valence electrons. The summed E-state index contributed by atoms with van der Waals surface area (Å²) in [5.41, 5.74) is 1.31. The average Bonchev–Trinajstić information content (AvgIpc) is 3.04. The summed E-state index contributed by atoms with van der Waals surface area (Å²) >= 11 is 0. The van der Waals surface area contributed by atoms with E-state index in [1.54, 1.807) is 6.07 Å². The number of carbonyl (C=O) groups excluding carboxylic acids is 1. The Morgan fingerprint density at radius 3 is 2.54 bits per heavy atom. The number of carbonyl (C=O) groups is 1. The SMILES string of the molecule is CC1CN(C(=O)CN2CCN(Cc3noc4cc(F)ccc34)CC2)CC(C)O1. The molecule has 2 saturated heterocycles. The molecule has 0 saturated carbocycles. The van der Waals surface area contributed by atoms with Crippen molar-refractivity contribution in [3.8, 4) is 0 Å². The predicted molar refractivity (Wildman–Crippen MR) is 102 cm³/mol. The van der Waals surface area contributed by atoms with Gasteiger partial charge < -0.3 is 14.2 Å². The average molecular weight is 390 g/mol. The van der Waals surface area contributed by atoms with E-state index in [4.69, 9.17) is 9.26 Å². The molecule has 0 aliphatic carbocycles. The number of rotatable bonds is 4. The molecular weight excluding hydrogens is 363 g/mol. The van der Waals surface area contributed by atoms with Crippen molar-refractivity contribution in [2.75, 3.05) is 45.8 Å². The molecule has 2 aromatic rings. The Morgan fingerprint density at radius 1 is 1.14 bits per heavy atom. The van der Waals surface area contributed by atoms with Crippen LogP contribution in [0.15, 0.2) is 22.7 Å². The standard InChI is InChI=1S/C20H27FN4O3/c1-14-10-25(11-15(2)27-14)20(26)13-24-7-5-23(6-8-24)12-18-17-4-3-16(21)9-19(17)28-22-18/h3-4,9,14-15H,5-8,10-13H2,1-2H3. The maximum absolute atomic E-state index is 13.3. The minimum atomic E-state index is -0.322. The Bertz CT molecular complexity index is 824. The molecule has 2 aliphatic heterocycles. The summed E-state index contributed by atoms with van der Waals surface area (Å²) < 4.78 is 24.2. The van der Waals surface area contributed by atoms with E-state index in [0.29, 0.717) is 31.8 Å². The third kappa shape index (κ3) is 4.34. The fourth-order valence-corrected chi connectivity index (χ4v) is 4.07. The topological polar surface area (TPSA) is 62.1 Å². The van der Waals surface area contributed by atoms with Crippen LogP contribution in [0.25, 0.3) is 11.0 Å². The van der Waals surface area contributed by atoms with Crippen LogP contribution in [0.1, 0.15) is 19.5 Å². The van der Waals surface area contributed by atoms with Crippen LogP contribution in [0.2, 0.25) is 0 Å². The molecule has 8 heteroatoms. The van der Waals surface area contributed by atoms with Gasteiger partial charge in [-0.1, -0.05) is 5.16 Å². The normalized spacial score (nSPS) is 24.8. The number of benzene rings is 1. The van der Waals surface area contributed by atoms with E-state index in [2.05, 4.69) is 15.0 Å². The van der Waals surface area contributed by atoms with Gasteiger partial charge in [-0.2, -0.15) is 0 Å². The van der Waals surface area contributed by atoms with E-state index in [-0.39, 0.29) is 23.9 Å². The van der Waals surface area contributed by atoms with Gasteiger partial charge in [0.25, 0.3) is 0 Å². The molecule has 4 rings (SSSR count). The number of aromatic nitrogens is 1. The highest BCUT2D eigenvalue weighted by molar-refractivity contribution is 5.79. The highest BCUT2D eigenvalue weighted by Crippen LogP contribution is 2.21.